The summed E-state index contributed by atoms with van der Waals surface area (Å²) >= 11 is 0. The first-order valence-corrected chi connectivity index (χ1v) is 6.16. The second-order valence-corrected chi connectivity index (χ2v) is 4.21. The van der Waals surface area contributed by atoms with Crippen molar-refractivity contribution in [2.75, 3.05) is 13.7 Å². The van der Waals surface area contributed by atoms with Crippen molar-refractivity contribution in [3.05, 3.63) is 42.2 Å². The summed E-state index contributed by atoms with van der Waals surface area (Å²) in [5.41, 5.74) is 7.93. The van der Waals surface area contributed by atoms with Crippen molar-refractivity contribution in [2.24, 2.45) is 5.73 Å². The minimum Gasteiger partial charge on any atom is -0.465 e. The molecule has 0 atom stereocenters. The molecule has 5 heteroatoms. The molecule has 2 N–H and O–H groups in total. The summed E-state index contributed by atoms with van der Waals surface area (Å²) in [5.74, 6) is -0.336. The van der Waals surface area contributed by atoms with Gasteiger partial charge in [-0.1, -0.05) is 12.1 Å². The number of hydrogen-bond acceptors (Lipinski definition) is 4. The Morgan fingerprint density at radius 3 is 3.00 bits per heavy atom. The highest BCUT2D eigenvalue weighted by Crippen LogP contribution is 2.20. The van der Waals surface area contributed by atoms with Gasteiger partial charge in [0.25, 0.3) is 0 Å². The number of rotatable bonds is 5. The smallest absolute Gasteiger partial charge is 0.337 e. The molecule has 0 unspecified atom stereocenters. The lowest BCUT2D eigenvalue weighted by atomic mass is 10.1. The van der Waals surface area contributed by atoms with Crippen LogP contribution in [-0.2, 0) is 11.3 Å². The van der Waals surface area contributed by atoms with Crippen molar-refractivity contribution in [3.63, 3.8) is 0 Å². The Balaban J connectivity index is 2.21. The fourth-order valence-corrected chi connectivity index (χ4v) is 1.83. The number of nitrogens with zero attached hydrogens (tertiary/aromatic N) is 2. The zero-order chi connectivity index (χ0) is 13.7. The maximum absolute atomic E-state index is 11.5. The van der Waals surface area contributed by atoms with Gasteiger partial charge in [-0.2, -0.15) is 5.10 Å². The van der Waals surface area contributed by atoms with E-state index in [1.165, 1.54) is 7.11 Å². The molecule has 1 aromatic heterocycles. The molecule has 0 aliphatic rings. The van der Waals surface area contributed by atoms with Crippen molar-refractivity contribution >= 4 is 5.97 Å². The molecule has 2 aromatic rings. The number of benzene rings is 1. The third-order valence-electron chi connectivity index (χ3n) is 2.84. The molecule has 100 valence electrons. The van der Waals surface area contributed by atoms with Crippen molar-refractivity contribution in [3.8, 4) is 11.1 Å². The number of methoxy groups -OCH3 is 1. The highest BCUT2D eigenvalue weighted by molar-refractivity contribution is 5.90. The molecule has 0 amide bonds. The summed E-state index contributed by atoms with van der Waals surface area (Å²) in [6.45, 7) is 1.44. The van der Waals surface area contributed by atoms with Gasteiger partial charge in [0.05, 0.1) is 18.9 Å². The number of carbonyl (C=O) groups is 1. The van der Waals surface area contributed by atoms with Crippen molar-refractivity contribution in [2.45, 2.75) is 13.0 Å². The molecule has 5 nitrogen and oxygen atoms in total. The van der Waals surface area contributed by atoms with Crippen LogP contribution < -0.4 is 5.73 Å². The predicted octanol–water partition coefficient (Wildman–Crippen LogP) is 1.69. The van der Waals surface area contributed by atoms with Crippen LogP contribution in [0, 0.1) is 0 Å². The number of nitrogens with two attached hydrogens (primary N) is 1. The lowest BCUT2D eigenvalue weighted by Crippen LogP contribution is -2.05. The quantitative estimate of drug-likeness (QED) is 0.829. The maximum atomic E-state index is 11.5. The van der Waals surface area contributed by atoms with Crippen LogP contribution in [0.2, 0.25) is 0 Å². The average Bonchev–Trinajstić information content (AvgIpc) is 2.93. The van der Waals surface area contributed by atoms with E-state index in [9.17, 15) is 4.79 Å². The lowest BCUT2D eigenvalue weighted by molar-refractivity contribution is 0.0601. The summed E-state index contributed by atoms with van der Waals surface area (Å²) in [7, 11) is 1.37. The van der Waals surface area contributed by atoms with E-state index >= 15 is 0 Å². The van der Waals surface area contributed by atoms with Crippen LogP contribution in [0.5, 0.6) is 0 Å². The highest BCUT2D eigenvalue weighted by atomic mass is 16.5. The van der Waals surface area contributed by atoms with E-state index < -0.39 is 0 Å². The minimum absolute atomic E-state index is 0.336. The zero-order valence-electron chi connectivity index (χ0n) is 10.9. The normalized spacial score (nSPS) is 10.4. The third-order valence-corrected chi connectivity index (χ3v) is 2.84. The van der Waals surface area contributed by atoms with Gasteiger partial charge in [-0.05, 0) is 30.7 Å². The standard InChI is InChI=1S/C14H17N3O2/c1-19-14(18)12-5-2-4-11(8-12)13-9-16-17(10-13)7-3-6-15/h2,4-5,8-10H,3,6-7,15H2,1H3. The number of aromatic nitrogens is 2. The number of carbonyl (C=O) groups excluding carboxylic acids is 1. The summed E-state index contributed by atoms with van der Waals surface area (Å²) < 4.78 is 6.57. The van der Waals surface area contributed by atoms with Crippen molar-refractivity contribution in [1.29, 1.82) is 0 Å². The van der Waals surface area contributed by atoms with E-state index in [1.54, 1.807) is 18.3 Å². The summed E-state index contributed by atoms with van der Waals surface area (Å²) in [5, 5.41) is 4.27. The Labute approximate surface area is 112 Å². The first-order chi connectivity index (χ1) is 9.24. The van der Waals surface area contributed by atoms with E-state index in [2.05, 4.69) is 5.10 Å². The second-order valence-electron chi connectivity index (χ2n) is 4.21. The Morgan fingerprint density at radius 1 is 1.42 bits per heavy atom. The Morgan fingerprint density at radius 2 is 2.26 bits per heavy atom. The molecule has 0 saturated carbocycles. The van der Waals surface area contributed by atoms with Crippen LogP contribution in [0.1, 0.15) is 16.8 Å². The van der Waals surface area contributed by atoms with Crippen molar-refractivity contribution < 1.29 is 9.53 Å². The fourth-order valence-electron chi connectivity index (χ4n) is 1.83. The van der Waals surface area contributed by atoms with Crippen LogP contribution in [0.3, 0.4) is 0 Å². The molecular weight excluding hydrogens is 242 g/mol. The van der Waals surface area contributed by atoms with E-state index in [-0.39, 0.29) is 5.97 Å². The van der Waals surface area contributed by atoms with Crippen LogP contribution in [0.25, 0.3) is 11.1 Å². The van der Waals surface area contributed by atoms with Gasteiger partial charge < -0.3 is 10.5 Å². The van der Waals surface area contributed by atoms with Crippen LogP contribution >= 0.6 is 0 Å². The van der Waals surface area contributed by atoms with Crippen LogP contribution in [0.4, 0.5) is 0 Å². The molecule has 1 heterocycles. The van der Waals surface area contributed by atoms with E-state index in [1.807, 2.05) is 23.0 Å². The number of ether oxygens (including phenoxy) is 1. The Bertz CT molecular complexity index is 563. The number of hydrogen-bond donors (Lipinski definition) is 1. The number of aryl methyl sites for hydroxylation is 1. The summed E-state index contributed by atoms with van der Waals surface area (Å²) in [4.78, 5) is 11.5. The molecular formula is C14H17N3O2. The predicted molar refractivity (Wildman–Crippen MR) is 72.7 cm³/mol. The zero-order valence-corrected chi connectivity index (χ0v) is 10.9. The molecule has 19 heavy (non-hydrogen) atoms. The SMILES string of the molecule is COC(=O)c1cccc(-c2cnn(CCCN)c2)c1. The first kappa shape index (κ1) is 13.3. The second kappa shape index (κ2) is 6.15. The molecule has 0 radical (unpaired) electrons. The molecule has 0 aliphatic carbocycles. The monoisotopic (exact) mass is 259 g/mol. The third kappa shape index (κ3) is 3.20. The molecule has 0 bridgehead atoms. The molecule has 0 fully saturated rings. The van der Waals surface area contributed by atoms with Gasteiger partial charge in [0.1, 0.15) is 0 Å². The topological polar surface area (TPSA) is 70.1 Å². The molecule has 0 saturated heterocycles. The Hall–Kier alpha value is -2.14. The average molecular weight is 259 g/mol. The van der Waals surface area contributed by atoms with E-state index in [0.29, 0.717) is 12.1 Å². The maximum Gasteiger partial charge on any atom is 0.337 e. The van der Waals surface area contributed by atoms with E-state index in [4.69, 9.17) is 10.5 Å². The van der Waals surface area contributed by atoms with Gasteiger partial charge in [-0.25, -0.2) is 4.79 Å². The largest absolute Gasteiger partial charge is 0.465 e. The van der Waals surface area contributed by atoms with Gasteiger partial charge in [0.15, 0.2) is 0 Å². The van der Waals surface area contributed by atoms with Gasteiger partial charge in [-0.15, -0.1) is 0 Å². The molecule has 1 aromatic carbocycles. The van der Waals surface area contributed by atoms with Gasteiger partial charge in [0.2, 0.25) is 0 Å². The molecule has 0 aliphatic heterocycles. The van der Waals surface area contributed by atoms with Gasteiger partial charge in [0, 0.05) is 18.3 Å². The van der Waals surface area contributed by atoms with Gasteiger partial charge >= 0.3 is 5.97 Å². The van der Waals surface area contributed by atoms with E-state index in [0.717, 1.165) is 24.1 Å². The minimum atomic E-state index is -0.336. The fraction of sp³-hybridized carbons (Fsp3) is 0.286. The highest BCUT2D eigenvalue weighted by Gasteiger charge is 2.08. The molecule has 2 rings (SSSR count). The van der Waals surface area contributed by atoms with Gasteiger partial charge in [-0.3, -0.25) is 4.68 Å². The number of esters is 1. The van der Waals surface area contributed by atoms with Crippen LogP contribution in [-0.4, -0.2) is 29.4 Å². The Kier molecular flexibility index (Phi) is 4.30. The summed E-state index contributed by atoms with van der Waals surface area (Å²) in [6, 6.07) is 7.31. The molecule has 0 spiro atoms. The summed E-state index contributed by atoms with van der Waals surface area (Å²) in [6.07, 6.45) is 4.63. The van der Waals surface area contributed by atoms with Crippen molar-refractivity contribution in [1.82, 2.24) is 9.78 Å². The lowest BCUT2D eigenvalue weighted by Gasteiger charge is -2.02. The first-order valence-electron chi connectivity index (χ1n) is 6.16. The van der Waals surface area contributed by atoms with Crippen LogP contribution in [0.15, 0.2) is 36.7 Å².